The van der Waals surface area contributed by atoms with Crippen LogP contribution >= 0.6 is 11.8 Å². The molecular formula is C18H19N3O4S2. The summed E-state index contributed by atoms with van der Waals surface area (Å²) < 4.78 is 22.4. The molecular weight excluding hydrogens is 386 g/mol. The van der Waals surface area contributed by atoms with Crippen molar-refractivity contribution in [3.63, 3.8) is 0 Å². The van der Waals surface area contributed by atoms with Gasteiger partial charge in [0, 0.05) is 22.2 Å². The molecule has 9 heteroatoms. The lowest BCUT2D eigenvalue weighted by Crippen LogP contribution is -2.15. The largest absolute Gasteiger partial charge is 0.326 e. The molecule has 1 aliphatic carbocycles. The van der Waals surface area contributed by atoms with E-state index in [9.17, 15) is 18.0 Å². The lowest BCUT2D eigenvalue weighted by molar-refractivity contribution is -0.117. The van der Waals surface area contributed by atoms with Gasteiger partial charge in [-0.3, -0.25) is 9.59 Å². The molecule has 4 N–H and O–H groups in total. The van der Waals surface area contributed by atoms with Gasteiger partial charge in [0.1, 0.15) is 0 Å². The Kier molecular flexibility index (Phi) is 5.83. The number of sulfonamides is 1. The van der Waals surface area contributed by atoms with Gasteiger partial charge in [0.2, 0.25) is 21.8 Å². The molecule has 0 aliphatic heterocycles. The van der Waals surface area contributed by atoms with Crippen molar-refractivity contribution >= 4 is 45.0 Å². The van der Waals surface area contributed by atoms with Gasteiger partial charge in [-0.05, 0) is 61.4 Å². The van der Waals surface area contributed by atoms with Crippen LogP contribution in [0.5, 0.6) is 0 Å². The summed E-state index contributed by atoms with van der Waals surface area (Å²) in [6, 6.07) is 13.0. The topological polar surface area (TPSA) is 118 Å². The summed E-state index contributed by atoms with van der Waals surface area (Å²) in [5.74, 6) is 0.199. The van der Waals surface area contributed by atoms with Crippen LogP contribution in [0.25, 0.3) is 0 Å². The van der Waals surface area contributed by atoms with Crippen molar-refractivity contribution < 1.29 is 18.0 Å². The highest BCUT2D eigenvalue weighted by atomic mass is 32.2. The van der Waals surface area contributed by atoms with E-state index >= 15 is 0 Å². The van der Waals surface area contributed by atoms with Gasteiger partial charge in [-0.15, -0.1) is 11.8 Å². The molecule has 0 saturated heterocycles. The first-order chi connectivity index (χ1) is 12.8. The fourth-order valence-electron chi connectivity index (χ4n) is 2.30. The second kappa shape index (κ2) is 8.12. The van der Waals surface area contributed by atoms with E-state index in [-0.39, 0.29) is 28.4 Å². The first-order valence-electron chi connectivity index (χ1n) is 8.28. The van der Waals surface area contributed by atoms with E-state index in [0.29, 0.717) is 5.69 Å². The quantitative estimate of drug-likeness (QED) is 0.611. The van der Waals surface area contributed by atoms with Crippen molar-refractivity contribution in [3.05, 3.63) is 48.5 Å². The lowest BCUT2D eigenvalue weighted by Gasteiger charge is -2.07. The zero-order valence-electron chi connectivity index (χ0n) is 14.3. The Bertz CT molecular complexity index is 938. The van der Waals surface area contributed by atoms with E-state index in [1.54, 1.807) is 0 Å². The van der Waals surface area contributed by atoms with E-state index < -0.39 is 10.0 Å². The third kappa shape index (κ3) is 5.81. The van der Waals surface area contributed by atoms with Crippen LogP contribution in [-0.4, -0.2) is 26.0 Å². The van der Waals surface area contributed by atoms with Crippen LogP contribution in [-0.2, 0) is 19.6 Å². The predicted molar refractivity (Wildman–Crippen MR) is 105 cm³/mol. The molecule has 0 atom stereocenters. The van der Waals surface area contributed by atoms with Crippen molar-refractivity contribution in [1.29, 1.82) is 0 Å². The van der Waals surface area contributed by atoms with E-state index in [1.165, 1.54) is 36.0 Å². The average Bonchev–Trinajstić information content (AvgIpc) is 3.46. The summed E-state index contributed by atoms with van der Waals surface area (Å²) in [4.78, 5) is 24.6. The normalized spacial score (nSPS) is 13.8. The Balaban J connectivity index is 1.47. The second-order valence-electron chi connectivity index (χ2n) is 6.19. The van der Waals surface area contributed by atoms with Crippen molar-refractivity contribution in [2.45, 2.75) is 22.6 Å². The smallest absolute Gasteiger partial charge is 0.238 e. The Labute approximate surface area is 161 Å². The Morgan fingerprint density at radius 3 is 2.07 bits per heavy atom. The van der Waals surface area contributed by atoms with Crippen LogP contribution in [0.1, 0.15) is 12.8 Å². The minimum absolute atomic E-state index is 0.0104. The summed E-state index contributed by atoms with van der Waals surface area (Å²) in [7, 11) is -3.75. The van der Waals surface area contributed by atoms with Crippen LogP contribution < -0.4 is 15.8 Å². The van der Waals surface area contributed by atoms with Crippen LogP contribution in [0.3, 0.4) is 0 Å². The molecule has 2 aromatic carbocycles. The van der Waals surface area contributed by atoms with Gasteiger partial charge in [0.15, 0.2) is 0 Å². The number of nitrogens with two attached hydrogens (primary N) is 1. The lowest BCUT2D eigenvalue weighted by atomic mass is 10.3. The first kappa shape index (κ1) is 19.4. The average molecular weight is 406 g/mol. The highest BCUT2D eigenvalue weighted by Gasteiger charge is 2.29. The molecule has 1 aliphatic rings. The summed E-state index contributed by atoms with van der Waals surface area (Å²) in [5.41, 5.74) is 1.24. The molecule has 1 fully saturated rings. The molecule has 1 saturated carbocycles. The summed E-state index contributed by atoms with van der Waals surface area (Å²) in [6.07, 6.45) is 1.92. The number of anilines is 2. The third-order valence-corrected chi connectivity index (χ3v) is 5.85. The molecule has 2 aromatic rings. The minimum Gasteiger partial charge on any atom is -0.326 e. The molecule has 0 radical (unpaired) electrons. The van der Waals surface area contributed by atoms with Crippen molar-refractivity contribution in [1.82, 2.24) is 0 Å². The van der Waals surface area contributed by atoms with Crippen LogP contribution in [0.4, 0.5) is 11.4 Å². The van der Waals surface area contributed by atoms with Gasteiger partial charge in [-0.2, -0.15) is 0 Å². The molecule has 142 valence electrons. The number of nitrogens with one attached hydrogen (secondary N) is 2. The van der Waals surface area contributed by atoms with E-state index in [2.05, 4.69) is 10.6 Å². The summed E-state index contributed by atoms with van der Waals surface area (Å²) in [5, 5.41) is 10.6. The maximum atomic E-state index is 12.0. The fourth-order valence-corrected chi connectivity index (χ4v) is 3.51. The number of carbonyl (C=O) groups is 2. The number of benzene rings is 2. The number of hydrogen-bond donors (Lipinski definition) is 3. The van der Waals surface area contributed by atoms with Gasteiger partial charge in [0.25, 0.3) is 0 Å². The monoisotopic (exact) mass is 405 g/mol. The van der Waals surface area contributed by atoms with E-state index in [0.717, 1.165) is 23.4 Å². The van der Waals surface area contributed by atoms with Crippen molar-refractivity contribution in [2.24, 2.45) is 11.1 Å². The maximum Gasteiger partial charge on any atom is 0.238 e. The second-order valence-corrected chi connectivity index (χ2v) is 8.80. The van der Waals surface area contributed by atoms with Crippen molar-refractivity contribution in [3.8, 4) is 0 Å². The maximum absolute atomic E-state index is 12.0. The zero-order chi connectivity index (χ0) is 19.4. The Morgan fingerprint density at radius 1 is 0.963 bits per heavy atom. The highest BCUT2D eigenvalue weighted by molar-refractivity contribution is 8.00. The van der Waals surface area contributed by atoms with Crippen LogP contribution in [0.2, 0.25) is 0 Å². The summed E-state index contributed by atoms with van der Waals surface area (Å²) in [6.45, 7) is 0. The number of carbonyl (C=O) groups excluding carboxylic acids is 2. The van der Waals surface area contributed by atoms with E-state index in [1.807, 2.05) is 24.3 Å². The Morgan fingerprint density at radius 2 is 1.52 bits per heavy atom. The molecule has 0 unspecified atom stereocenters. The van der Waals surface area contributed by atoms with Crippen molar-refractivity contribution in [2.75, 3.05) is 16.4 Å². The summed E-state index contributed by atoms with van der Waals surface area (Å²) >= 11 is 1.36. The van der Waals surface area contributed by atoms with Gasteiger partial charge < -0.3 is 10.6 Å². The standard InChI is InChI=1S/C18H19N3O4S2/c19-27(24,25)16-9-5-13(6-10-16)20-17(22)11-26-15-7-3-14(4-8-15)21-18(23)12-1-2-12/h3-10,12H,1-2,11H2,(H,20,22)(H,21,23)(H2,19,24,25). The fraction of sp³-hybridized carbons (Fsp3) is 0.222. The van der Waals surface area contributed by atoms with Gasteiger partial charge in [0.05, 0.1) is 10.6 Å². The number of thioether (sulfide) groups is 1. The predicted octanol–water partition coefficient (Wildman–Crippen LogP) is 2.41. The molecule has 2 amide bonds. The number of hydrogen-bond acceptors (Lipinski definition) is 5. The molecule has 7 nitrogen and oxygen atoms in total. The molecule has 0 spiro atoms. The molecule has 3 rings (SSSR count). The highest BCUT2D eigenvalue weighted by Crippen LogP contribution is 2.30. The molecule has 0 aromatic heterocycles. The zero-order valence-corrected chi connectivity index (χ0v) is 16.0. The molecule has 0 bridgehead atoms. The minimum atomic E-state index is -3.75. The van der Waals surface area contributed by atoms with Gasteiger partial charge >= 0.3 is 0 Å². The van der Waals surface area contributed by atoms with Crippen LogP contribution in [0, 0.1) is 5.92 Å². The van der Waals surface area contributed by atoms with Crippen LogP contribution in [0.15, 0.2) is 58.3 Å². The SMILES string of the molecule is NS(=O)(=O)c1ccc(NC(=O)CSc2ccc(NC(=O)C3CC3)cc2)cc1. The van der Waals surface area contributed by atoms with Gasteiger partial charge in [-0.25, -0.2) is 13.6 Å². The first-order valence-corrected chi connectivity index (χ1v) is 10.8. The number of rotatable bonds is 7. The Hall–Kier alpha value is -2.36. The third-order valence-electron chi connectivity index (χ3n) is 3.91. The molecule has 0 heterocycles. The number of amides is 2. The van der Waals surface area contributed by atoms with Gasteiger partial charge in [-0.1, -0.05) is 0 Å². The number of primary sulfonamides is 1. The molecule has 27 heavy (non-hydrogen) atoms. The van der Waals surface area contributed by atoms with E-state index in [4.69, 9.17) is 5.14 Å².